The molecule has 20 nitrogen and oxygen atoms in total. The lowest BCUT2D eigenvalue weighted by atomic mass is 10.1. The Kier molecular flexibility index (Phi) is 14.9. The fraction of sp³-hybridized carbons (Fsp3) is 0.111. The predicted octanol–water partition coefficient (Wildman–Crippen LogP) is 6.47. The number of rotatable bonds is 16. The van der Waals surface area contributed by atoms with Gasteiger partial charge in [-0.2, -0.15) is 15.4 Å². The smallest absolute Gasteiger partial charge is 0.339 e. The second-order valence-corrected chi connectivity index (χ2v) is 15.1. The molecule has 0 fully saturated rings. The molecule has 5 aromatic carbocycles. The van der Waals surface area contributed by atoms with Crippen molar-refractivity contribution in [1.82, 2.24) is 20.7 Å². The second kappa shape index (κ2) is 20.9. The molecule has 10 N–H and O–H groups in total. The Morgan fingerprint density at radius 2 is 1.30 bits per heavy atom. The van der Waals surface area contributed by atoms with Crippen LogP contribution in [0.1, 0.15) is 59.6 Å². The number of carboxylic acid groups (broad SMARTS) is 1. The summed E-state index contributed by atoms with van der Waals surface area (Å²) >= 11 is 13.1. The molecule has 6 rings (SSSR count). The van der Waals surface area contributed by atoms with Crippen molar-refractivity contribution >= 4 is 87.5 Å². The van der Waals surface area contributed by atoms with Crippen LogP contribution in [0.2, 0.25) is 10.0 Å². The molecule has 0 saturated heterocycles. The number of H-pyrrole nitrogens is 1. The van der Waals surface area contributed by atoms with Crippen molar-refractivity contribution in [3.8, 4) is 28.7 Å². The highest BCUT2D eigenvalue weighted by Crippen LogP contribution is 2.41. The van der Waals surface area contributed by atoms with Crippen LogP contribution in [0, 0.1) is 0 Å². The third-order valence-corrected chi connectivity index (χ3v) is 10.3. The molecule has 0 spiro atoms. The normalized spacial score (nSPS) is 11.4. The largest absolute Gasteiger partial charge is 0.508 e. The molecule has 0 radical (unpaired) electrons. The molecular weight excluding hydrogens is 915 g/mol. The minimum absolute atomic E-state index is 0.0407. The van der Waals surface area contributed by atoms with Crippen LogP contribution >= 0.6 is 23.2 Å². The van der Waals surface area contributed by atoms with Gasteiger partial charge in [-0.05, 0) is 91.4 Å². The van der Waals surface area contributed by atoms with E-state index in [-0.39, 0.29) is 67.5 Å². The van der Waals surface area contributed by atoms with Crippen LogP contribution in [0.4, 0.5) is 22.7 Å². The van der Waals surface area contributed by atoms with Gasteiger partial charge in [0.1, 0.15) is 17.4 Å². The Morgan fingerprint density at radius 3 is 1.87 bits per heavy atom. The summed E-state index contributed by atoms with van der Waals surface area (Å²) in [5.74, 6) is -7.06. The molecule has 0 aliphatic rings. The van der Waals surface area contributed by atoms with Gasteiger partial charge >= 0.3 is 5.97 Å². The Bertz CT molecular complexity index is 2900. The molecular formula is C45H38Cl2N8O12. The quantitative estimate of drug-likeness (QED) is 0.0465. The highest BCUT2D eigenvalue weighted by Gasteiger charge is 2.27. The van der Waals surface area contributed by atoms with Crippen LogP contribution in [0.15, 0.2) is 96.7 Å². The van der Waals surface area contributed by atoms with Crippen molar-refractivity contribution in [1.29, 1.82) is 0 Å². The average Bonchev–Trinajstić information content (AvgIpc) is 3.80. The topological polar surface area (TPSA) is 304 Å². The van der Waals surface area contributed by atoms with Gasteiger partial charge in [0.05, 0.1) is 58.7 Å². The number of hydrogen-bond acceptors (Lipinski definition) is 13. The van der Waals surface area contributed by atoms with Gasteiger partial charge in [-0.3, -0.25) is 24.0 Å². The first-order valence-electron chi connectivity index (χ1n) is 19.5. The summed E-state index contributed by atoms with van der Waals surface area (Å²) in [5.41, 5.74) is 0.706. The Hall–Kier alpha value is -8.62. The maximum absolute atomic E-state index is 13.7. The van der Waals surface area contributed by atoms with E-state index in [4.69, 9.17) is 32.7 Å². The number of ether oxygens (including phenoxy) is 2. The Balaban J connectivity index is 1.13. The summed E-state index contributed by atoms with van der Waals surface area (Å²) in [7, 11) is 2.31. The number of hydrogen-bond donors (Lipinski definition) is 10. The summed E-state index contributed by atoms with van der Waals surface area (Å²) in [6, 6.07) is 18.1. The molecule has 5 amide bonds. The molecule has 1 aromatic heterocycles. The minimum atomic E-state index is -1.44. The van der Waals surface area contributed by atoms with Gasteiger partial charge in [-0.25, -0.2) is 4.79 Å². The number of carbonyl (C=O) groups excluding carboxylic acids is 5. The first kappa shape index (κ1) is 47.8. The van der Waals surface area contributed by atoms with Crippen LogP contribution in [-0.4, -0.2) is 91.6 Å². The Labute approximate surface area is 389 Å². The molecule has 6 aromatic rings. The lowest BCUT2D eigenvalue weighted by Gasteiger charge is -2.19. The molecule has 0 aliphatic carbocycles. The number of phenolic OH excluding ortho intramolecular Hbond substituents is 2. The highest BCUT2D eigenvalue weighted by atomic mass is 35.5. The summed E-state index contributed by atoms with van der Waals surface area (Å²) in [4.78, 5) is 78.2. The number of nitrogens with zero attached hydrogens (tertiary/aromatic N) is 2. The van der Waals surface area contributed by atoms with Gasteiger partial charge in [0.15, 0.2) is 23.0 Å². The number of anilines is 4. The monoisotopic (exact) mass is 952 g/mol. The Morgan fingerprint density at radius 1 is 0.716 bits per heavy atom. The van der Waals surface area contributed by atoms with Gasteiger partial charge < -0.3 is 56.5 Å². The van der Waals surface area contributed by atoms with Crippen molar-refractivity contribution in [2.45, 2.75) is 19.4 Å². The maximum atomic E-state index is 13.7. The van der Waals surface area contributed by atoms with Crippen molar-refractivity contribution in [2.75, 3.05) is 35.5 Å². The number of aromatic nitrogens is 3. The predicted molar refractivity (Wildman–Crippen MR) is 245 cm³/mol. The number of aromatic carboxylic acids is 1. The first-order chi connectivity index (χ1) is 32.0. The number of aromatic amines is 1. The average molecular weight is 954 g/mol. The van der Waals surface area contributed by atoms with Gasteiger partial charge in [0.25, 0.3) is 23.6 Å². The van der Waals surface area contributed by atoms with E-state index in [1.54, 1.807) is 25.1 Å². The molecule has 1 heterocycles. The van der Waals surface area contributed by atoms with E-state index in [0.29, 0.717) is 22.5 Å². The first-order valence-corrected chi connectivity index (χ1v) is 20.2. The third-order valence-electron chi connectivity index (χ3n) is 9.72. The summed E-state index contributed by atoms with van der Waals surface area (Å²) in [6.45, 7) is 1.63. The number of amides is 5. The number of halogens is 2. The molecule has 344 valence electrons. The van der Waals surface area contributed by atoms with E-state index < -0.39 is 58.6 Å². The highest BCUT2D eigenvalue weighted by molar-refractivity contribution is 6.41. The van der Waals surface area contributed by atoms with E-state index in [1.807, 2.05) is 0 Å². The van der Waals surface area contributed by atoms with Gasteiger partial charge in [-0.15, -0.1) is 0 Å². The lowest BCUT2D eigenvalue weighted by molar-refractivity contribution is -0.118. The van der Waals surface area contributed by atoms with Crippen LogP contribution in [-0.2, 0) is 16.0 Å². The van der Waals surface area contributed by atoms with Crippen LogP contribution in [0.5, 0.6) is 28.7 Å². The number of carbonyl (C=O) groups is 6. The standard InChI is InChI=1S/C45H38Cl2N8O12/c1-21(16-22-4-10-27(56)11-5-22)40(59)49-24-8-6-23(7-9-24)41(60)53-34(19-26-20-48-55-54-26)43(62)50-25-17-30(46)35(31(47)18-25)44(63)52-33-14-12-28(36(57)38(33)66-2)42(61)51-32-15-13-29(45(64)65)37(58)39(32)67-3/h4-18,20,34,56-58H,19H2,1-3H3,(H,49,59)(H,50,62)(H,51,61)(H,52,63)(H,53,60)(H,64,65)(H,48,54,55)/b21-16+/t34-/m0/s1. The fourth-order valence-corrected chi connectivity index (χ4v) is 7.04. The zero-order chi connectivity index (χ0) is 48.5. The number of benzene rings is 5. The van der Waals surface area contributed by atoms with E-state index in [2.05, 4.69) is 42.0 Å². The van der Waals surface area contributed by atoms with E-state index >= 15 is 0 Å². The van der Waals surface area contributed by atoms with Crippen molar-refractivity contribution < 1.29 is 58.7 Å². The number of aromatic hydroxyl groups is 3. The fourth-order valence-electron chi connectivity index (χ4n) is 6.38. The van der Waals surface area contributed by atoms with E-state index in [9.17, 15) is 49.2 Å². The van der Waals surface area contributed by atoms with Crippen molar-refractivity contribution in [3.05, 3.63) is 140 Å². The van der Waals surface area contributed by atoms with Crippen molar-refractivity contribution in [2.24, 2.45) is 0 Å². The third kappa shape index (κ3) is 11.4. The van der Waals surface area contributed by atoms with Crippen LogP contribution in [0.25, 0.3) is 6.08 Å². The molecule has 0 aliphatic heterocycles. The molecule has 0 bridgehead atoms. The minimum Gasteiger partial charge on any atom is -0.508 e. The molecule has 0 saturated carbocycles. The molecule has 22 heteroatoms. The number of phenols is 3. The number of methoxy groups -OCH3 is 2. The van der Waals surface area contributed by atoms with Gasteiger partial charge in [0.2, 0.25) is 5.91 Å². The summed E-state index contributed by atoms with van der Waals surface area (Å²) in [5, 5.41) is 62.9. The summed E-state index contributed by atoms with van der Waals surface area (Å²) in [6.07, 6.45) is 2.91. The van der Waals surface area contributed by atoms with E-state index in [0.717, 1.165) is 26.4 Å². The number of carboxylic acids is 1. The molecule has 1 atom stereocenters. The second-order valence-electron chi connectivity index (χ2n) is 14.2. The SMILES string of the molecule is COc1c(NC(=O)c2ccc(NC(=O)c3c(Cl)cc(NC(=O)[C@H](Cc4cn[nH]n4)NC(=O)c4ccc(NC(=O)/C(C)=C/c5ccc(O)cc5)cc4)cc3Cl)c(OC)c2O)ccc(C(=O)O)c1O. The van der Waals surface area contributed by atoms with Crippen LogP contribution < -0.4 is 36.1 Å². The molecule has 67 heavy (non-hydrogen) atoms. The van der Waals surface area contributed by atoms with Crippen LogP contribution in [0.3, 0.4) is 0 Å². The zero-order valence-corrected chi connectivity index (χ0v) is 36.7. The van der Waals surface area contributed by atoms with Crippen molar-refractivity contribution in [3.63, 3.8) is 0 Å². The zero-order valence-electron chi connectivity index (χ0n) is 35.2. The van der Waals surface area contributed by atoms with Gasteiger partial charge in [-0.1, -0.05) is 35.3 Å². The lowest BCUT2D eigenvalue weighted by Crippen LogP contribution is -2.45. The van der Waals surface area contributed by atoms with E-state index in [1.165, 1.54) is 66.9 Å². The molecule has 0 unspecified atom stereocenters. The summed E-state index contributed by atoms with van der Waals surface area (Å²) < 4.78 is 10.4. The maximum Gasteiger partial charge on any atom is 0.339 e. The number of nitrogens with one attached hydrogen (secondary N) is 6. The van der Waals surface area contributed by atoms with Gasteiger partial charge in [0, 0.05) is 28.9 Å².